The number of ether oxygens (including phenoxy) is 2. The predicted octanol–water partition coefficient (Wildman–Crippen LogP) is 2.42. The van der Waals surface area contributed by atoms with E-state index in [1.807, 2.05) is 37.3 Å². The summed E-state index contributed by atoms with van der Waals surface area (Å²) >= 11 is 0. The monoisotopic (exact) mass is 428 g/mol. The lowest BCUT2D eigenvalue weighted by atomic mass is 9.89. The van der Waals surface area contributed by atoms with Crippen LogP contribution in [-0.4, -0.2) is 57.6 Å². The molecule has 0 amide bonds. The SMILES string of the molecule is Cc1ccc([C@@H]2O[C@H](CO)[C@@H](O)[C@H](O)[C@H]2O)cc1Cc1ccc(OC2CCCC2)cc1. The fourth-order valence-electron chi connectivity index (χ4n) is 4.54. The Morgan fingerprint density at radius 1 is 0.935 bits per heavy atom. The van der Waals surface area contributed by atoms with E-state index in [9.17, 15) is 20.4 Å². The van der Waals surface area contributed by atoms with Crippen LogP contribution in [0.1, 0.15) is 54.0 Å². The normalized spacial score (nSPS) is 29.3. The van der Waals surface area contributed by atoms with E-state index in [0.717, 1.165) is 35.3 Å². The number of hydrogen-bond donors (Lipinski definition) is 4. The molecule has 1 saturated heterocycles. The van der Waals surface area contributed by atoms with E-state index in [2.05, 4.69) is 12.1 Å². The average Bonchev–Trinajstić information content (AvgIpc) is 3.28. The number of hydrogen-bond acceptors (Lipinski definition) is 6. The van der Waals surface area contributed by atoms with Gasteiger partial charge in [0.05, 0.1) is 12.7 Å². The first kappa shape index (κ1) is 22.2. The van der Waals surface area contributed by atoms with Crippen LogP contribution in [0.15, 0.2) is 42.5 Å². The zero-order chi connectivity index (χ0) is 22.0. The van der Waals surface area contributed by atoms with E-state index in [1.165, 1.54) is 12.8 Å². The maximum Gasteiger partial charge on any atom is 0.119 e. The van der Waals surface area contributed by atoms with Gasteiger partial charge in [-0.15, -0.1) is 0 Å². The molecule has 168 valence electrons. The minimum Gasteiger partial charge on any atom is -0.490 e. The summed E-state index contributed by atoms with van der Waals surface area (Å²) in [6.45, 7) is 1.60. The highest BCUT2D eigenvalue weighted by Gasteiger charge is 2.43. The zero-order valence-electron chi connectivity index (χ0n) is 17.9. The smallest absolute Gasteiger partial charge is 0.119 e. The lowest BCUT2D eigenvalue weighted by Crippen LogP contribution is -2.55. The summed E-state index contributed by atoms with van der Waals surface area (Å²) in [4.78, 5) is 0. The quantitative estimate of drug-likeness (QED) is 0.564. The second-order valence-electron chi connectivity index (χ2n) is 8.78. The van der Waals surface area contributed by atoms with Gasteiger partial charge in [0, 0.05) is 0 Å². The molecular weight excluding hydrogens is 396 g/mol. The van der Waals surface area contributed by atoms with Crippen molar-refractivity contribution in [1.82, 2.24) is 0 Å². The van der Waals surface area contributed by atoms with Gasteiger partial charge >= 0.3 is 0 Å². The number of rotatable bonds is 6. The maximum absolute atomic E-state index is 10.4. The molecule has 2 aliphatic rings. The maximum atomic E-state index is 10.4. The molecule has 6 nitrogen and oxygen atoms in total. The summed E-state index contributed by atoms with van der Waals surface area (Å²) < 4.78 is 11.8. The Bertz CT molecular complexity index is 859. The highest BCUT2D eigenvalue weighted by Crippen LogP contribution is 2.33. The van der Waals surface area contributed by atoms with Crippen molar-refractivity contribution in [2.24, 2.45) is 0 Å². The van der Waals surface area contributed by atoms with Crippen molar-refractivity contribution in [2.45, 2.75) is 75.7 Å². The van der Waals surface area contributed by atoms with Crippen molar-refractivity contribution in [1.29, 1.82) is 0 Å². The van der Waals surface area contributed by atoms with Gasteiger partial charge in [0.25, 0.3) is 0 Å². The van der Waals surface area contributed by atoms with Crippen LogP contribution >= 0.6 is 0 Å². The second-order valence-corrected chi connectivity index (χ2v) is 8.78. The Hall–Kier alpha value is -1.96. The van der Waals surface area contributed by atoms with Gasteiger partial charge in [-0.2, -0.15) is 0 Å². The molecule has 0 unspecified atom stereocenters. The van der Waals surface area contributed by atoms with Gasteiger partial charge in [0.15, 0.2) is 0 Å². The van der Waals surface area contributed by atoms with Crippen molar-refractivity contribution in [3.63, 3.8) is 0 Å². The van der Waals surface area contributed by atoms with Crippen molar-refractivity contribution in [3.8, 4) is 5.75 Å². The Morgan fingerprint density at radius 2 is 1.65 bits per heavy atom. The highest BCUT2D eigenvalue weighted by molar-refractivity contribution is 5.38. The molecule has 4 rings (SSSR count). The molecule has 4 N–H and O–H groups in total. The first-order valence-electron chi connectivity index (χ1n) is 11.1. The minimum atomic E-state index is -1.38. The molecule has 0 aromatic heterocycles. The molecule has 2 fully saturated rings. The zero-order valence-corrected chi connectivity index (χ0v) is 17.9. The molecule has 1 aliphatic carbocycles. The van der Waals surface area contributed by atoms with Gasteiger partial charge in [-0.05, 0) is 73.4 Å². The molecule has 6 heteroatoms. The highest BCUT2D eigenvalue weighted by atomic mass is 16.5. The lowest BCUT2D eigenvalue weighted by Gasteiger charge is -2.40. The molecule has 0 bridgehead atoms. The van der Waals surface area contributed by atoms with Crippen molar-refractivity contribution in [3.05, 3.63) is 64.7 Å². The molecule has 0 radical (unpaired) electrons. The molecule has 2 aromatic rings. The summed E-state index contributed by atoms with van der Waals surface area (Å²) in [6, 6.07) is 14.0. The van der Waals surface area contributed by atoms with Gasteiger partial charge in [-0.1, -0.05) is 30.3 Å². The number of aryl methyl sites for hydroxylation is 1. The van der Waals surface area contributed by atoms with Crippen LogP contribution in [0.5, 0.6) is 5.75 Å². The van der Waals surface area contributed by atoms with Crippen LogP contribution in [0, 0.1) is 6.92 Å². The van der Waals surface area contributed by atoms with E-state index in [-0.39, 0.29) is 0 Å². The Balaban J connectivity index is 1.49. The first-order valence-corrected chi connectivity index (χ1v) is 11.1. The fourth-order valence-corrected chi connectivity index (χ4v) is 4.54. The van der Waals surface area contributed by atoms with Gasteiger partial charge in [-0.3, -0.25) is 0 Å². The van der Waals surface area contributed by atoms with Crippen LogP contribution in [0.2, 0.25) is 0 Å². The molecule has 1 heterocycles. The molecule has 5 atom stereocenters. The van der Waals surface area contributed by atoms with Crippen LogP contribution in [-0.2, 0) is 11.2 Å². The molecule has 1 aliphatic heterocycles. The Labute approximate surface area is 183 Å². The lowest BCUT2D eigenvalue weighted by molar-refractivity contribution is -0.231. The molecular formula is C25H32O6. The summed E-state index contributed by atoms with van der Waals surface area (Å²) in [5.41, 5.74) is 4.05. The van der Waals surface area contributed by atoms with Gasteiger partial charge in [0.2, 0.25) is 0 Å². The van der Waals surface area contributed by atoms with Crippen LogP contribution in [0.3, 0.4) is 0 Å². The first-order chi connectivity index (χ1) is 15.0. The van der Waals surface area contributed by atoms with Gasteiger partial charge < -0.3 is 29.9 Å². The third kappa shape index (κ3) is 4.94. The number of benzene rings is 2. The summed E-state index contributed by atoms with van der Waals surface area (Å²) in [5, 5.41) is 40.0. The van der Waals surface area contributed by atoms with Crippen LogP contribution < -0.4 is 4.74 Å². The largest absolute Gasteiger partial charge is 0.490 e. The van der Waals surface area contributed by atoms with Gasteiger partial charge in [0.1, 0.15) is 36.3 Å². The fraction of sp³-hybridized carbons (Fsp3) is 0.520. The minimum absolute atomic E-state index is 0.336. The molecule has 0 spiro atoms. The van der Waals surface area contributed by atoms with Crippen molar-refractivity contribution in [2.75, 3.05) is 6.61 Å². The number of aliphatic hydroxyl groups is 4. The van der Waals surface area contributed by atoms with Crippen molar-refractivity contribution >= 4 is 0 Å². The second kappa shape index (κ2) is 9.67. The van der Waals surface area contributed by atoms with Crippen LogP contribution in [0.4, 0.5) is 0 Å². The van der Waals surface area contributed by atoms with E-state index in [4.69, 9.17) is 9.47 Å². The number of aliphatic hydroxyl groups excluding tert-OH is 4. The standard InChI is InChI=1S/C25H32O6/c1-15-6-9-17(25-24(29)23(28)22(27)21(14-26)31-25)13-18(15)12-16-7-10-20(11-8-16)30-19-4-2-3-5-19/h6-11,13,19,21-29H,2-5,12,14H2,1H3/t21-,22-,23+,24-,25+/m1/s1. The van der Waals surface area contributed by atoms with Crippen molar-refractivity contribution < 1.29 is 29.9 Å². The third-order valence-electron chi connectivity index (χ3n) is 6.52. The molecule has 2 aromatic carbocycles. The third-order valence-corrected chi connectivity index (χ3v) is 6.52. The van der Waals surface area contributed by atoms with E-state index < -0.39 is 37.1 Å². The topological polar surface area (TPSA) is 99.4 Å². The Kier molecular flexibility index (Phi) is 6.94. The molecule has 1 saturated carbocycles. The average molecular weight is 429 g/mol. The van der Waals surface area contributed by atoms with E-state index in [0.29, 0.717) is 18.1 Å². The van der Waals surface area contributed by atoms with Crippen LogP contribution in [0.25, 0.3) is 0 Å². The predicted molar refractivity (Wildman–Crippen MR) is 116 cm³/mol. The molecule has 31 heavy (non-hydrogen) atoms. The van der Waals surface area contributed by atoms with E-state index >= 15 is 0 Å². The van der Waals surface area contributed by atoms with E-state index in [1.54, 1.807) is 0 Å². The van der Waals surface area contributed by atoms with Gasteiger partial charge in [-0.25, -0.2) is 0 Å². The summed E-state index contributed by atoms with van der Waals surface area (Å²) in [7, 11) is 0. The summed E-state index contributed by atoms with van der Waals surface area (Å²) in [6.07, 6.45) is 0.0400. The Morgan fingerprint density at radius 3 is 2.32 bits per heavy atom. The summed E-state index contributed by atoms with van der Waals surface area (Å²) in [5.74, 6) is 0.905.